The van der Waals surface area contributed by atoms with Crippen molar-refractivity contribution in [2.75, 3.05) is 0 Å². The third-order valence-electron chi connectivity index (χ3n) is 7.32. The molecule has 2 aromatic carbocycles. The first-order valence-corrected chi connectivity index (χ1v) is 14.8. The molecule has 5 aromatic heterocycles. The molecule has 0 saturated carbocycles. The van der Waals surface area contributed by atoms with Crippen LogP contribution in [0.5, 0.6) is 0 Å². The molecule has 5 heterocycles. The van der Waals surface area contributed by atoms with Crippen LogP contribution >= 0.6 is 0 Å². The highest BCUT2D eigenvalue weighted by molar-refractivity contribution is 5.93. The van der Waals surface area contributed by atoms with Crippen LogP contribution in [0.15, 0.2) is 87.4 Å². The molecule has 0 radical (unpaired) electrons. The molecular formula is C33H21F6N9O4. The molecule has 0 unspecified atom stereocenters. The number of rotatable bonds is 8. The molecule has 0 aliphatic rings. The second kappa shape index (κ2) is 14.5. The molecule has 0 aliphatic heterocycles. The molecule has 19 heteroatoms. The van der Waals surface area contributed by atoms with Gasteiger partial charge in [0.15, 0.2) is 40.7 Å². The summed E-state index contributed by atoms with van der Waals surface area (Å²) in [6.45, 7) is 0.960. The lowest BCUT2D eigenvalue weighted by atomic mass is 10.2. The summed E-state index contributed by atoms with van der Waals surface area (Å²) in [6, 6.07) is 11.9. The molecule has 13 nitrogen and oxygen atoms in total. The van der Waals surface area contributed by atoms with Crippen molar-refractivity contribution in [2.45, 2.75) is 20.0 Å². The summed E-state index contributed by atoms with van der Waals surface area (Å²) in [4.78, 5) is 46.6. The lowest BCUT2D eigenvalue weighted by Crippen LogP contribution is -2.13. The van der Waals surface area contributed by atoms with Crippen LogP contribution in [-0.2, 0) is 13.1 Å². The summed E-state index contributed by atoms with van der Waals surface area (Å²) in [5.41, 5.74) is -0.683. The summed E-state index contributed by atoms with van der Waals surface area (Å²) in [6.07, 6.45) is 2.84. The second-order valence-electron chi connectivity index (χ2n) is 10.8. The summed E-state index contributed by atoms with van der Waals surface area (Å²) in [5.74, 6) is -6.52. The average Bonchev–Trinajstić information content (AvgIpc) is 3.89. The van der Waals surface area contributed by atoms with Crippen molar-refractivity contribution >= 4 is 5.78 Å². The van der Waals surface area contributed by atoms with Crippen LogP contribution in [0.25, 0.3) is 34.4 Å². The smallest absolute Gasteiger partial charge is 0.287 e. The highest BCUT2D eigenvalue weighted by Crippen LogP contribution is 2.25. The summed E-state index contributed by atoms with van der Waals surface area (Å²) < 4.78 is 88.2. The Morgan fingerprint density at radius 3 is 1.71 bits per heavy atom. The van der Waals surface area contributed by atoms with E-state index in [1.165, 1.54) is 58.9 Å². The van der Waals surface area contributed by atoms with E-state index in [0.29, 0.717) is 11.4 Å². The van der Waals surface area contributed by atoms with Gasteiger partial charge in [0.1, 0.15) is 29.0 Å². The Hall–Kier alpha value is -6.92. The quantitative estimate of drug-likeness (QED) is 0.161. The van der Waals surface area contributed by atoms with Gasteiger partial charge in [-0.2, -0.15) is 19.0 Å². The number of carbonyl (C=O) groups excluding carboxylic acids is 1. The summed E-state index contributed by atoms with van der Waals surface area (Å²) in [7, 11) is 0. The number of halogens is 6. The van der Waals surface area contributed by atoms with Crippen molar-refractivity contribution in [1.82, 2.24) is 44.7 Å². The first-order chi connectivity index (χ1) is 24.9. The van der Waals surface area contributed by atoms with Gasteiger partial charge in [0.25, 0.3) is 11.1 Å². The standard InChI is InChI=1S/C17H10F3N5O2.C16H11F3N4O2/c18-10-3-1-2-9(15(10)20)8-25-14(12-4-5-27-24-12)6-13(23-25)16-21-7-11(19)17(26)22-16;1-8(24)13-5-12(15-20-6-11(18)16(25)21-15)22-23(13)7-9-3-2-4-10(17)14(9)19/h1-7H,8H2,(H,21,22,26);2-6H,7H2,1H3,(H,20,21,25). The Balaban J connectivity index is 0.000000179. The minimum Gasteiger partial charge on any atom is -0.364 e. The maximum atomic E-state index is 14.0. The highest BCUT2D eigenvalue weighted by atomic mass is 19.2. The van der Waals surface area contributed by atoms with Crippen LogP contribution in [0, 0.1) is 34.9 Å². The van der Waals surface area contributed by atoms with Crippen LogP contribution in [-0.4, -0.2) is 50.4 Å². The van der Waals surface area contributed by atoms with Crippen LogP contribution in [0.2, 0.25) is 0 Å². The van der Waals surface area contributed by atoms with Crippen molar-refractivity contribution < 1.29 is 35.7 Å². The minimum atomic E-state index is -1.06. The van der Waals surface area contributed by atoms with E-state index >= 15 is 0 Å². The van der Waals surface area contributed by atoms with Gasteiger partial charge in [0.2, 0.25) is 11.6 Å². The molecular weight excluding hydrogens is 700 g/mol. The highest BCUT2D eigenvalue weighted by Gasteiger charge is 2.19. The second-order valence-corrected chi connectivity index (χ2v) is 10.8. The molecule has 52 heavy (non-hydrogen) atoms. The number of carbonyl (C=O) groups is 1. The molecule has 7 rings (SSSR count). The first kappa shape index (κ1) is 34.9. The van der Waals surface area contributed by atoms with E-state index in [9.17, 15) is 40.7 Å². The average molecular weight is 722 g/mol. The molecule has 264 valence electrons. The Morgan fingerprint density at radius 2 is 1.21 bits per heavy atom. The molecule has 0 atom stereocenters. The number of nitrogens with zero attached hydrogens (tertiary/aromatic N) is 7. The summed E-state index contributed by atoms with van der Waals surface area (Å²) in [5, 5.41) is 12.2. The minimum absolute atomic E-state index is 0.00212. The van der Waals surface area contributed by atoms with Crippen molar-refractivity contribution in [3.63, 3.8) is 0 Å². The van der Waals surface area contributed by atoms with Gasteiger partial charge in [-0.05, 0) is 24.3 Å². The van der Waals surface area contributed by atoms with Crippen LogP contribution < -0.4 is 11.1 Å². The molecule has 0 amide bonds. The number of benzene rings is 2. The zero-order chi connectivity index (χ0) is 37.1. The Bertz CT molecular complexity index is 2540. The zero-order valence-electron chi connectivity index (χ0n) is 26.4. The Morgan fingerprint density at radius 1 is 0.692 bits per heavy atom. The fourth-order valence-corrected chi connectivity index (χ4v) is 4.82. The van der Waals surface area contributed by atoms with Gasteiger partial charge in [-0.15, -0.1) is 0 Å². The zero-order valence-corrected chi connectivity index (χ0v) is 26.4. The van der Waals surface area contributed by atoms with Gasteiger partial charge in [-0.25, -0.2) is 27.5 Å². The van der Waals surface area contributed by atoms with Gasteiger partial charge >= 0.3 is 0 Å². The molecule has 0 spiro atoms. The van der Waals surface area contributed by atoms with E-state index < -0.39 is 46.0 Å². The normalized spacial score (nSPS) is 11.0. The van der Waals surface area contributed by atoms with Crippen LogP contribution in [0.1, 0.15) is 28.5 Å². The lowest BCUT2D eigenvalue weighted by Gasteiger charge is -2.07. The van der Waals surface area contributed by atoms with E-state index in [0.717, 1.165) is 24.5 Å². The maximum absolute atomic E-state index is 14.0. The molecule has 0 fully saturated rings. The number of hydrogen-bond donors (Lipinski definition) is 2. The van der Waals surface area contributed by atoms with Crippen molar-refractivity contribution in [2.24, 2.45) is 0 Å². The number of H-pyrrole nitrogens is 2. The molecule has 0 bridgehead atoms. The van der Waals surface area contributed by atoms with Gasteiger partial charge in [0, 0.05) is 24.1 Å². The number of nitrogens with one attached hydrogen (secondary N) is 2. The van der Waals surface area contributed by atoms with Crippen LogP contribution in [0.3, 0.4) is 0 Å². The van der Waals surface area contributed by atoms with Crippen molar-refractivity contribution in [3.8, 4) is 34.4 Å². The topological polar surface area (TPSA) is 170 Å². The number of aromatic nitrogens is 9. The van der Waals surface area contributed by atoms with E-state index in [-0.39, 0.29) is 58.7 Å². The third kappa shape index (κ3) is 7.32. The van der Waals surface area contributed by atoms with E-state index in [2.05, 4.69) is 35.3 Å². The summed E-state index contributed by atoms with van der Waals surface area (Å²) >= 11 is 0. The number of aromatic amines is 2. The van der Waals surface area contributed by atoms with E-state index in [4.69, 9.17) is 4.52 Å². The number of ketones is 1. The van der Waals surface area contributed by atoms with Crippen molar-refractivity contribution in [3.05, 3.63) is 146 Å². The van der Waals surface area contributed by atoms with Crippen LogP contribution in [0.4, 0.5) is 26.3 Å². The van der Waals surface area contributed by atoms with E-state index in [1.54, 1.807) is 6.07 Å². The predicted octanol–water partition coefficient (Wildman–Crippen LogP) is 5.06. The number of hydrogen-bond acceptors (Lipinski definition) is 9. The van der Waals surface area contributed by atoms with Crippen molar-refractivity contribution in [1.29, 1.82) is 0 Å². The Labute approximate surface area is 286 Å². The lowest BCUT2D eigenvalue weighted by molar-refractivity contribution is 0.100. The third-order valence-corrected chi connectivity index (χ3v) is 7.32. The largest absolute Gasteiger partial charge is 0.364 e. The van der Waals surface area contributed by atoms with Gasteiger partial charge in [0.05, 0.1) is 31.2 Å². The molecule has 2 N–H and O–H groups in total. The molecule has 0 aliphatic carbocycles. The first-order valence-electron chi connectivity index (χ1n) is 14.8. The number of Topliss-reactive ketones (excluding diaryl/α,β-unsaturated/α-hetero) is 1. The van der Waals surface area contributed by atoms with Gasteiger partial charge in [-0.3, -0.25) is 23.7 Å². The van der Waals surface area contributed by atoms with Gasteiger partial charge in [-0.1, -0.05) is 29.4 Å². The predicted molar refractivity (Wildman–Crippen MR) is 168 cm³/mol. The monoisotopic (exact) mass is 721 g/mol. The molecule has 7 aromatic rings. The van der Waals surface area contributed by atoms with E-state index in [1.807, 2.05) is 0 Å². The SMILES string of the molecule is CC(=O)c1cc(-c2ncc(F)c(=O)[nH]2)nn1Cc1cccc(F)c1F.O=c1[nH]c(-c2cc(-c3ccon3)n(Cc3cccc(F)c3F)n2)ncc1F. The van der Waals surface area contributed by atoms with Gasteiger partial charge < -0.3 is 14.5 Å². The maximum Gasteiger partial charge on any atom is 0.287 e. The fraction of sp³-hybridized carbons (Fsp3) is 0.0909. The Kier molecular flexibility index (Phi) is 9.75. The fourth-order valence-electron chi connectivity index (χ4n) is 4.82. The molecule has 0 saturated heterocycles.